The normalized spacial score (nSPS) is 21.4. The van der Waals surface area contributed by atoms with Crippen molar-refractivity contribution in [3.05, 3.63) is 48.2 Å². The largest absolute Gasteiger partial charge is 0.446 e. The maximum Gasteiger partial charge on any atom is 0.429 e. The van der Waals surface area contributed by atoms with Crippen molar-refractivity contribution >= 4 is 23.1 Å². The van der Waals surface area contributed by atoms with Crippen LogP contribution in [0.25, 0.3) is 10.9 Å². The molecule has 2 amide bonds. The van der Waals surface area contributed by atoms with Gasteiger partial charge in [-0.3, -0.25) is 0 Å². The fraction of sp³-hybridized carbons (Fsp3) is 0.478. The summed E-state index contributed by atoms with van der Waals surface area (Å²) in [7, 11) is 0. The lowest BCUT2D eigenvalue weighted by Gasteiger charge is -2.36. The Morgan fingerprint density at radius 1 is 1.13 bits per heavy atom. The summed E-state index contributed by atoms with van der Waals surface area (Å²) < 4.78 is 10.7. The van der Waals surface area contributed by atoms with Crippen molar-refractivity contribution in [2.24, 2.45) is 5.41 Å². The summed E-state index contributed by atoms with van der Waals surface area (Å²) in [6.45, 7) is 7.11. The first kappa shape index (κ1) is 20.3. The van der Waals surface area contributed by atoms with Crippen LogP contribution in [0, 0.1) is 5.41 Å². The molecule has 0 bridgehead atoms. The summed E-state index contributed by atoms with van der Waals surface area (Å²) in [6.07, 6.45) is 4.38. The maximum absolute atomic E-state index is 13.0. The lowest BCUT2D eigenvalue weighted by atomic mass is 9.90. The SMILES string of the molecule is CC(C)OC(=O)NN(C(=O)OC(C)C)[C@@H]1[C@@H](c2cc3ccccc3[nH]2)C=CC12CC2. The first-order valence-corrected chi connectivity index (χ1v) is 10.5. The smallest absolute Gasteiger partial charge is 0.429 e. The van der Waals surface area contributed by atoms with Crippen molar-refractivity contribution in [2.45, 2.75) is 64.7 Å². The number of carbonyl (C=O) groups excluding carboxylic acids is 2. The van der Waals surface area contributed by atoms with E-state index in [1.165, 1.54) is 5.01 Å². The zero-order valence-electron chi connectivity index (χ0n) is 17.8. The van der Waals surface area contributed by atoms with E-state index in [0.717, 1.165) is 29.4 Å². The molecule has 0 saturated heterocycles. The average molecular weight is 412 g/mol. The third-order valence-electron chi connectivity index (χ3n) is 5.67. The summed E-state index contributed by atoms with van der Waals surface area (Å²) in [5.74, 6) is -0.0982. The van der Waals surface area contributed by atoms with E-state index in [9.17, 15) is 9.59 Å². The number of hydrogen-bond donors (Lipinski definition) is 2. The number of nitrogens with zero attached hydrogens (tertiary/aromatic N) is 1. The number of hydrazine groups is 1. The summed E-state index contributed by atoms with van der Waals surface area (Å²) in [4.78, 5) is 28.9. The Labute approximate surface area is 176 Å². The van der Waals surface area contributed by atoms with E-state index in [1.807, 2.05) is 18.2 Å². The number of aromatic amines is 1. The van der Waals surface area contributed by atoms with Crippen LogP contribution in [-0.4, -0.2) is 40.4 Å². The van der Waals surface area contributed by atoms with Gasteiger partial charge in [-0.2, -0.15) is 0 Å². The monoisotopic (exact) mass is 411 g/mol. The Balaban J connectivity index is 1.68. The zero-order valence-corrected chi connectivity index (χ0v) is 17.8. The van der Waals surface area contributed by atoms with Crippen LogP contribution in [0.4, 0.5) is 9.59 Å². The Kier molecular flexibility index (Phi) is 5.22. The van der Waals surface area contributed by atoms with E-state index in [2.05, 4.69) is 34.7 Å². The Morgan fingerprint density at radius 3 is 2.47 bits per heavy atom. The number of fused-ring (bicyclic) bond motifs is 1. The topological polar surface area (TPSA) is 83.7 Å². The summed E-state index contributed by atoms with van der Waals surface area (Å²) >= 11 is 0. The van der Waals surface area contributed by atoms with Crippen LogP contribution in [0.1, 0.15) is 52.1 Å². The van der Waals surface area contributed by atoms with Crippen LogP contribution in [0.15, 0.2) is 42.5 Å². The van der Waals surface area contributed by atoms with Crippen LogP contribution in [0.2, 0.25) is 0 Å². The second-order valence-electron chi connectivity index (χ2n) is 8.74. The minimum absolute atomic E-state index is 0.0982. The standard InChI is InChI=1S/C23H29N3O4/c1-14(2)29-21(27)25-26(22(28)30-15(3)4)20-17(9-10-23(20)11-12-23)19-13-16-7-5-6-8-18(16)24-19/h5-10,13-15,17,20,24H,11-12H2,1-4H3,(H,25,27)/t17-,20-/m1/s1. The van der Waals surface area contributed by atoms with Gasteiger partial charge in [-0.1, -0.05) is 30.4 Å². The number of hydrogen-bond acceptors (Lipinski definition) is 4. The van der Waals surface area contributed by atoms with Crippen LogP contribution in [0.3, 0.4) is 0 Å². The highest BCUT2D eigenvalue weighted by Gasteiger charge is 2.58. The highest BCUT2D eigenvalue weighted by Crippen LogP contribution is 2.59. The van der Waals surface area contributed by atoms with Gasteiger partial charge in [0.1, 0.15) is 0 Å². The molecule has 7 heteroatoms. The van der Waals surface area contributed by atoms with Crippen molar-refractivity contribution < 1.29 is 19.1 Å². The number of para-hydroxylation sites is 1. The molecule has 1 heterocycles. The number of ether oxygens (including phenoxy) is 2. The predicted molar refractivity (Wildman–Crippen MR) is 114 cm³/mol. The molecule has 160 valence electrons. The average Bonchev–Trinajstić information content (AvgIpc) is 3.16. The van der Waals surface area contributed by atoms with Crippen molar-refractivity contribution in [2.75, 3.05) is 0 Å². The second kappa shape index (κ2) is 7.70. The molecule has 1 fully saturated rings. The van der Waals surface area contributed by atoms with Crippen LogP contribution < -0.4 is 5.43 Å². The van der Waals surface area contributed by atoms with Crippen LogP contribution >= 0.6 is 0 Å². The van der Waals surface area contributed by atoms with E-state index >= 15 is 0 Å². The van der Waals surface area contributed by atoms with Crippen LogP contribution in [-0.2, 0) is 9.47 Å². The molecule has 1 saturated carbocycles. The summed E-state index contributed by atoms with van der Waals surface area (Å²) in [5.41, 5.74) is 4.55. The number of rotatable bonds is 4. The van der Waals surface area contributed by atoms with Gasteiger partial charge in [0.15, 0.2) is 0 Å². The van der Waals surface area contributed by atoms with E-state index in [0.29, 0.717) is 0 Å². The Morgan fingerprint density at radius 2 is 1.83 bits per heavy atom. The van der Waals surface area contributed by atoms with Gasteiger partial charge in [-0.25, -0.2) is 20.0 Å². The number of nitrogens with one attached hydrogen (secondary N) is 2. The van der Waals surface area contributed by atoms with Gasteiger partial charge in [0.05, 0.1) is 18.2 Å². The van der Waals surface area contributed by atoms with Gasteiger partial charge in [0, 0.05) is 22.5 Å². The molecule has 2 aliphatic rings. The minimum Gasteiger partial charge on any atom is -0.446 e. The van der Waals surface area contributed by atoms with Crippen molar-refractivity contribution in [3.8, 4) is 0 Å². The lowest BCUT2D eigenvalue weighted by Crippen LogP contribution is -2.56. The summed E-state index contributed by atoms with van der Waals surface area (Å²) in [5, 5.41) is 2.45. The highest BCUT2D eigenvalue weighted by molar-refractivity contribution is 5.81. The minimum atomic E-state index is -0.663. The molecule has 4 rings (SSSR count). The molecule has 2 aliphatic carbocycles. The molecule has 1 aromatic carbocycles. The maximum atomic E-state index is 13.0. The molecule has 0 unspecified atom stereocenters. The molecule has 2 aromatic rings. The third kappa shape index (κ3) is 3.88. The van der Waals surface area contributed by atoms with E-state index < -0.39 is 12.2 Å². The first-order valence-electron chi connectivity index (χ1n) is 10.5. The number of amides is 2. The molecule has 0 aliphatic heterocycles. The number of aromatic nitrogens is 1. The highest BCUT2D eigenvalue weighted by atomic mass is 16.6. The van der Waals surface area contributed by atoms with Gasteiger partial charge in [-0.15, -0.1) is 0 Å². The fourth-order valence-corrected chi connectivity index (χ4v) is 4.26. The molecule has 1 spiro atoms. The molecule has 1 aromatic heterocycles. The van der Waals surface area contributed by atoms with E-state index in [-0.39, 0.29) is 29.6 Å². The molecular formula is C23H29N3O4. The number of H-pyrrole nitrogens is 1. The van der Waals surface area contributed by atoms with E-state index in [1.54, 1.807) is 27.7 Å². The molecule has 30 heavy (non-hydrogen) atoms. The van der Waals surface area contributed by atoms with Gasteiger partial charge < -0.3 is 14.5 Å². The fourth-order valence-electron chi connectivity index (χ4n) is 4.26. The summed E-state index contributed by atoms with van der Waals surface area (Å²) in [6, 6.07) is 9.89. The second-order valence-corrected chi connectivity index (χ2v) is 8.74. The third-order valence-corrected chi connectivity index (χ3v) is 5.67. The number of benzene rings is 1. The van der Waals surface area contributed by atoms with Gasteiger partial charge in [0.25, 0.3) is 0 Å². The van der Waals surface area contributed by atoms with Crippen LogP contribution in [0.5, 0.6) is 0 Å². The molecular weight excluding hydrogens is 382 g/mol. The molecule has 0 radical (unpaired) electrons. The van der Waals surface area contributed by atoms with Crippen molar-refractivity contribution in [1.82, 2.24) is 15.4 Å². The van der Waals surface area contributed by atoms with E-state index in [4.69, 9.17) is 9.47 Å². The van der Waals surface area contributed by atoms with Gasteiger partial charge in [0.2, 0.25) is 0 Å². The zero-order chi connectivity index (χ0) is 21.5. The molecule has 2 N–H and O–H groups in total. The van der Waals surface area contributed by atoms with Crippen molar-refractivity contribution in [1.29, 1.82) is 0 Å². The number of carbonyl (C=O) groups is 2. The van der Waals surface area contributed by atoms with Gasteiger partial charge >= 0.3 is 12.2 Å². The van der Waals surface area contributed by atoms with Crippen molar-refractivity contribution in [3.63, 3.8) is 0 Å². The predicted octanol–water partition coefficient (Wildman–Crippen LogP) is 4.87. The Hall–Kier alpha value is -2.96. The lowest BCUT2D eigenvalue weighted by molar-refractivity contribution is 0.0203. The van der Waals surface area contributed by atoms with Gasteiger partial charge in [-0.05, 0) is 58.1 Å². The first-order chi connectivity index (χ1) is 14.3. The quantitative estimate of drug-likeness (QED) is 0.555. The molecule has 2 atom stereocenters. The molecule has 7 nitrogen and oxygen atoms in total. The Bertz CT molecular complexity index is 941.